The minimum atomic E-state index is -0.352. The SMILES string of the molecule is CCOC(C)(C)Cn1c(N)nc2c(OC)ncnc21. The lowest BCUT2D eigenvalue weighted by atomic mass is 10.1. The van der Waals surface area contributed by atoms with Gasteiger partial charge in [0.05, 0.1) is 19.3 Å². The number of hydrogen-bond acceptors (Lipinski definition) is 6. The molecule has 0 unspecified atom stereocenters. The minimum absolute atomic E-state index is 0.352. The maximum atomic E-state index is 5.95. The molecular weight excluding hydrogens is 246 g/mol. The predicted octanol–water partition coefficient (Wildman–Crippen LogP) is 1.23. The zero-order valence-electron chi connectivity index (χ0n) is 11.7. The third-order valence-electron chi connectivity index (χ3n) is 2.80. The van der Waals surface area contributed by atoms with Gasteiger partial charge in [0.25, 0.3) is 0 Å². The van der Waals surface area contributed by atoms with Crippen LogP contribution >= 0.6 is 0 Å². The minimum Gasteiger partial charge on any atom is -0.479 e. The largest absolute Gasteiger partial charge is 0.479 e. The van der Waals surface area contributed by atoms with E-state index in [-0.39, 0.29) is 5.60 Å². The van der Waals surface area contributed by atoms with Gasteiger partial charge in [-0.1, -0.05) is 0 Å². The third kappa shape index (κ3) is 2.60. The second-order valence-corrected chi connectivity index (χ2v) is 4.80. The van der Waals surface area contributed by atoms with Crippen molar-refractivity contribution in [3.8, 4) is 5.88 Å². The Hall–Kier alpha value is -1.89. The molecule has 2 aromatic rings. The molecule has 7 heteroatoms. The van der Waals surface area contributed by atoms with Crippen molar-refractivity contribution in [1.29, 1.82) is 0 Å². The number of methoxy groups -OCH3 is 1. The maximum Gasteiger partial charge on any atom is 0.245 e. The van der Waals surface area contributed by atoms with E-state index in [2.05, 4.69) is 15.0 Å². The summed E-state index contributed by atoms with van der Waals surface area (Å²) in [7, 11) is 1.54. The van der Waals surface area contributed by atoms with Crippen LogP contribution in [0.2, 0.25) is 0 Å². The number of aromatic nitrogens is 4. The van der Waals surface area contributed by atoms with Gasteiger partial charge in [-0.25, -0.2) is 9.97 Å². The summed E-state index contributed by atoms with van der Waals surface area (Å²) in [6, 6.07) is 0. The quantitative estimate of drug-likeness (QED) is 0.874. The molecule has 19 heavy (non-hydrogen) atoms. The molecule has 2 heterocycles. The molecule has 0 radical (unpaired) electrons. The molecule has 7 nitrogen and oxygen atoms in total. The maximum absolute atomic E-state index is 5.95. The number of hydrogen-bond donors (Lipinski definition) is 1. The van der Waals surface area contributed by atoms with Crippen molar-refractivity contribution in [2.75, 3.05) is 19.5 Å². The normalized spacial score (nSPS) is 12.0. The molecule has 0 spiro atoms. The molecule has 2 N–H and O–H groups in total. The second-order valence-electron chi connectivity index (χ2n) is 4.80. The van der Waals surface area contributed by atoms with Crippen molar-refractivity contribution in [2.45, 2.75) is 32.9 Å². The van der Waals surface area contributed by atoms with E-state index in [9.17, 15) is 0 Å². The zero-order chi connectivity index (χ0) is 14.0. The standard InChI is InChI=1S/C12H19N5O2/c1-5-19-12(2,3)6-17-9-8(16-11(17)13)10(18-4)15-7-14-9/h7H,5-6H2,1-4H3,(H2,13,16). The van der Waals surface area contributed by atoms with Crippen molar-refractivity contribution in [3.05, 3.63) is 6.33 Å². The Morgan fingerprint density at radius 1 is 1.37 bits per heavy atom. The summed E-state index contributed by atoms with van der Waals surface area (Å²) in [5, 5.41) is 0. The molecular formula is C12H19N5O2. The lowest BCUT2D eigenvalue weighted by molar-refractivity contribution is -0.0213. The highest BCUT2D eigenvalue weighted by molar-refractivity contribution is 5.78. The van der Waals surface area contributed by atoms with E-state index in [4.69, 9.17) is 15.2 Å². The van der Waals surface area contributed by atoms with Gasteiger partial charge >= 0.3 is 0 Å². The molecule has 0 saturated heterocycles. The summed E-state index contributed by atoms with van der Waals surface area (Å²) < 4.78 is 12.7. The summed E-state index contributed by atoms with van der Waals surface area (Å²) in [5.74, 6) is 0.797. The molecule has 0 aliphatic carbocycles. The van der Waals surface area contributed by atoms with Crippen molar-refractivity contribution in [3.63, 3.8) is 0 Å². The van der Waals surface area contributed by atoms with Crippen molar-refractivity contribution >= 4 is 17.1 Å². The monoisotopic (exact) mass is 265 g/mol. The highest BCUT2D eigenvalue weighted by atomic mass is 16.5. The number of ether oxygens (including phenoxy) is 2. The molecule has 0 bridgehead atoms. The van der Waals surface area contributed by atoms with Crippen LogP contribution in [0, 0.1) is 0 Å². The highest BCUT2D eigenvalue weighted by Crippen LogP contribution is 2.25. The average Bonchev–Trinajstić information content (AvgIpc) is 2.65. The number of imidazole rings is 1. The smallest absolute Gasteiger partial charge is 0.245 e. The molecule has 0 aliphatic rings. The Labute approximate surface area is 111 Å². The van der Waals surface area contributed by atoms with Crippen LogP contribution in [-0.2, 0) is 11.3 Å². The van der Waals surface area contributed by atoms with Gasteiger partial charge in [0.2, 0.25) is 11.8 Å². The van der Waals surface area contributed by atoms with Gasteiger partial charge in [-0.3, -0.25) is 4.57 Å². The van der Waals surface area contributed by atoms with Gasteiger partial charge in [-0.2, -0.15) is 4.98 Å². The number of nitrogens with two attached hydrogens (primary N) is 1. The fourth-order valence-electron chi connectivity index (χ4n) is 2.06. The molecule has 0 fully saturated rings. The lowest BCUT2D eigenvalue weighted by Crippen LogP contribution is -2.31. The topological polar surface area (TPSA) is 88.1 Å². The number of nitrogen functional groups attached to an aromatic ring is 1. The Morgan fingerprint density at radius 3 is 2.74 bits per heavy atom. The van der Waals surface area contributed by atoms with E-state index >= 15 is 0 Å². The highest BCUT2D eigenvalue weighted by Gasteiger charge is 2.23. The lowest BCUT2D eigenvalue weighted by Gasteiger charge is -2.25. The van der Waals surface area contributed by atoms with Gasteiger partial charge < -0.3 is 15.2 Å². The van der Waals surface area contributed by atoms with Crippen LogP contribution in [0.25, 0.3) is 11.2 Å². The molecule has 0 aliphatic heterocycles. The number of anilines is 1. The fourth-order valence-corrected chi connectivity index (χ4v) is 2.06. The first-order valence-electron chi connectivity index (χ1n) is 6.13. The second kappa shape index (κ2) is 5.00. The summed E-state index contributed by atoms with van der Waals surface area (Å²) >= 11 is 0. The first kappa shape index (κ1) is 13.5. The number of rotatable bonds is 5. The van der Waals surface area contributed by atoms with Crippen molar-refractivity contribution < 1.29 is 9.47 Å². The summed E-state index contributed by atoms with van der Waals surface area (Å²) in [6.07, 6.45) is 1.44. The Kier molecular flexibility index (Phi) is 3.57. The Morgan fingerprint density at radius 2 is 2.11 bits per heavy atom. The molecule has 0 amide bonds. The molecule has 0 saturated carbocycles. The van der Waals surface area contributed by atoms with Crippen LogP contribution in [0.1, 0.15) is 20.8 Å². The molecule has 104 valence electrons. The van der Waals surface area contributed by atoms with Crippen molar-refractivity contribution in [2.24, 2.45) is 0 Å². The molecule has 0 aromatic carbocycles. The first-order chi connectivity index (χ1) is 8.98. The zero-order valence-corrected chi connectivity index (χ0v) is 11.7. The predicted molar refractivity (Wildman–Crippen MR) is 72.0 cm³/mol. The van der Waals surface area contributed by atoms with Crippen LogP contribution in [0.3, 0.4) is 0 Å². The first-order valence-corrected chi connectivity index (χ1v) is 6.13. The van der Waals surface area contributed by atoms with Crippen LogP contribution in [0.4, 0.5) is 5.95 Å². The van der Waals surface area contributed by atoms with Gasteiger partial charge in [0.15, 0.2) is 11.2 Å². The fraction of sp³-hybridized carbons (Fsp3) is 0.583. The van der Waals surface area contributed by atoms with E-state index in [0.29, 0.717) is 36.1 Å². The summed E-state index contributed by atoms with van der Waals surface area (Å²) in [6.45, 7) is 7.16. The van der Waals surface area contributed by atoms with Gasteiger partial charge in [0.1, 0.15) is 6.33 Å². The third-order valence-corrected chi connectivity index (χ3v) is 2.80. The number of nitrogens with zero attached hydrogens (tertiary/aromatic N) is 4. The molecule has 2 aromatic heterocycles. The van der Waals surface area contributed by atoms with Crippen LogP contribution in [-0.4, -0.2) is 38.8 Å². The summed E-state index contributed by atoms with van der Waals surface area (Å²) in [4.78, 5) is 12.5. The van der Waals surface area contributed by atoms with E-state index in [1.54, 1.807) is 7.11 Å². The van der Waals surface area contributed by atoms with E-state index in [1.165, 1.54) is 6.33 Å². The van der Waals surface area contributed by atoms with Gasteiger partial charge in [-0.15, -0.1) is 0 Å². The van der Waals surface area contributed by atoms with Gasteiger partial charge in [0, 0.05) is 6.61 Å². The van der Waals surface area contributed by atoms with E-state index < -0.39 is 0 Å². The van der Waals surface area contributed by atoms with Gasteiger partial charge in [-0.05, 0) is 20.8 Å². The summed E-state index contributed by atoms with van der Waals surface area (Å²) in [5.41, 5.74) is 6.82. The van der Waals surface area contributed by atoms with Crippen LogP contribution in [0.15, 0.2) is 6.33 Å². The Balaban J connectivity index is 2.46. The average molecular weight is 265 g/mol. The molecule has 0 atom stereocenters. The number of fused-ring (bicyclic) bond motifs is 1. The van der Waals surface area contributed by atoms with E-state index in [1.807, 2.05) is 25.3 Å². The van der Waals surface area contributed by atoms with E-state index in [0.717, 1.165) is 0 Å². The molecule has 2 rings (SSSR count). The van der Waals surface area contributed by atoms with Crippen LogP contribution in [0.5, 0.6) is 5.88 Å². The Bertz CT molecular complexity index is 579. The van der Waals surface area contributed by atoms with Crippen LogP contribution < -0.4 is 10.5 Å². The van der Waals surface area contributed by atoms with Crippen molar-refractivity contribution in [1.82, 2.24) is 19.5 Å².